The second kappa shape index (κ2) is 6.95. The van der Waals surface area contributed by atoms with Crippen LogP contribution in [0.2, 0.25) is 0 Å². The molecule has 1 saturated heterocycles. The molecule has 1 aliphatic heterocycles. The van der Waals surface area contributed by atoms with Crippen LogP contribution in [-0.4, -0.2) is 62.0 Å². The van der Waals surface area contributed by atoms with E-state index in [9.17, 15) is 14.3 Å². The molecule has 1 heterocycles. The van der Waals surface area contributed by atoms with Crippen molar-refractivity contribution < 1.29 is 14.3 Å². The molecule has 0 spiro atoms. The van der Waals surface area contributed by atoms with Gasteiger partial charge in [-0.2, -0.15) is 0 Å². The van der Waals surface area contributed by atoms with E-state index in [0.717, 1.165) is 19.5 Å². The molecule has 1 aliphatic rings. The average molecular weight is 322 g/mol. The molecule has 1 aromatic carbocycles. The van der Waals surface area contributed by atoms with Crippen LogP contribution in [0.5, 0.6) is 0 Å². The molecule has 3 N–H and O–H groups in total. The molecular formula is C16H23FN4O2. The number of hydrogen-bond acceptors (Lipinski definition) is 5. The van der Waals surface area contributed by atoms with Crippen LogP contribution >= 0.6 is 0 Å². The summed E-state index contributed by atoms with van der Waals surface area (Å²) in [6, 6.07) is 1.63. The Balaban J connectivity index is 2.50. The number of rotatable bonds is 5. The first-order chi connectivity index (χ1) is 10.9. The topological polar surface area (TPSA) is 82.2 Å². The fourth-order valence-electron chi connectivity index (χ4n) is 2.85. The number of carbonyl (C=O) groups is 1. The zero-order valence-electron chi connectivity index (χ0n) is 13.7. The Hall–Kier alpha value is -2.15. The van der Waals surface area contributed by atoms with E-state index < -0.39 is 17.3 Å². The van der Waals surface area contributed by atoms with E-state index in [1.165, 1.54) is 6.07 Å². The number of anilines is 2. The quantitative estimate of drug-likeness (QED) is 0.637. The van der Waals surface area contributed by atoms with Crippen LogP contribution < -0.4 is 10.6 Å². The van der Waals surface area contributed by atoms with Crippen LogP contribution in [0.15, 0.2) is 11.1 Å². The maximum atomic E-state index is 14.2. The molecule has 0 bridgehead atoms. The third-order valence-corrected chi connectivity index (χ3v) is 4.19. The highest BCUT2D eigenvalue weighted by molar-refractivity contribution is 6.04. The average Bonchev–Trinajstić information content (AvgIpc) is 2.95. The van der Waals surface area contributed by atoms with E-state index in [1.54, 1.807) is 6.21 Å². The van der Waals surface area contributed by atoms with Crippen molar-refractivity contribution in [1.82, 2.24) is 4.90 Å². The van der Waals surface area contributed by atoms with Gasteiger partial charge in [0.15, 0.2) is 0 Å². The Kier molecular flexibility index (Phi) is 5.20. The molecule has 0 aliphatic carbocycles. The number of carboxylic acids is 1. The van der Waals surface area contributed by atoms with Gasteiger partial charge < -0.3 is 20.6 Å². The van der Waals surface area contributed by atoms with Gasteiger partial charge in [-0.05, 0) is 33.5 Å². The third kappa shape index (κ3) is 3.44. The largest absolute Gasteiger partial charge is 0.478 e. The van der Waals surface area contributed by atoms with Gasteiger partial charge in [-0.15, -0.1) is 0 Å². The van der Waals surface area contributed by atoms with Crippen LogP contribution in [0.4, 0.5) is 15.8 Å². The maximum Gasteiger partial charge on any atom is 0.340 e. The normalized spacial score (nSPS) is 18.3. The van der Waals surface area contributed by atoms with Gasteiger partial charge in [0, 0.05) is 37.5 Å². The van der Waals surface area contributed by atoms with Crippen molar-refractivity contribution in [2.24, 2.45) is 4.99 Å². The van der Waals surface area contributed by atoms with Crippen molar-refractivity contribution in [3.05, 3.63) is 23.0 Å². The van der Waals surface area contributed by atoms with Crippen molar-refractivity contribution in [3.63, 3.8) is 0 Å². The number of benzene rings is 1. The van der Waals surface area contributed by atoms with E-state index in [-0.39, 0.29) is 5.69 Å². The number of halogens is 1. The van der Waals surface area contributed by atoms with Crippen LogP contribution in [0.1, 0.15) is 29.3 Å². The molecule has 126 valence electrons. The Bertz CT molecular complexity index is 631. The summed E-state index contributed by atoms with van der Waals surface area (Å²) in [5.74, 6) is -2.18. The van der Waals surface area contributed by atoms with Crippen molar-refractivity contribution in [2.45, 2.75) is 19.4 Å². The molecule has 7 heteroatoms. The fourth-order valence-corrected chi connectivity index (χ4v) is 2.85. The minimum absolute atomic E-state index is 0.0713. The van der Waals surface area contributed by atoms with Gasteiger partial charge in [-0.25, -0.2) is 9.18 Å². The number of carboxylic acid groups (broad SMARTS) is 1. The summed E-state index contributed by atoms with van der Waals surface area (Å²) in [5, 5.41) is 9.18. The lowest BCUT2D eigenvalue weighted by Crippen LogP contribution is -2.32. The minimum atomic E-state index is -1.37. The highest BCUT2D eigenvalue weighted by Crippen LogP contribution is 2.33. The smallest absolute Gasteiger partial charge is 0.340 e. The van der Waals surface area contributed by atoms with Gasteiger partial charge in [0.2, 0.25) is 0 Å². The van der Waals surface area contributed by atoms with E-state index in [0.29, 0.717) is 23.8 Å². The molecule has 1 fully saturated rings. The second-order valence-electron chi connectivity index (χ2n) is 5.87. The van der Waals surface area contributed by atoms with Gasteiger partial charge in [-0.3, -0.25) is 4.99 Å². The van der Waals surface area contributed by atoms with E-state index >= 15 is 0 Å². The summed E-state index contributed by atoms with van der Waals surface area (Å²) in [5.41, 5.74) is 6.46. The Labute approximate surface area is 135 Å². The fraction of sp³-hybridized carbons (Fsp3) is 0.500. The van der Waals surface area contributed by atoms with Crippen LogP contribution in [0.3, 0.4) is 0 Å². The minimum Gasteiger partial charge on any atom is -0.478 e. The molecular weight excluding hydrogens is 299 g/mol. The first kappa shape index (κ1) is 17.2. The van der Waals surface area contributed by atoms with Crippen LogP contribution in [0, 0.1) is 5.82 Å². The molecule has 0 amide bonds. The SMILES string of the molecule is CCN=Cc1c(N2CC[C@@H](N(C)C)C2)cc(F)c(C(=O)O)c1N. The second-order valence-corrected chi connectivity index (χ2v) is 5.87. The standard InChI is InChI=1S/C16H23FN4O2/c1-4-19-8-11-13(21-6-5-10(9-21)20(2)3)7-12(17)14(15(11)18)16(22)23/h7-8,10H,4-6,9,18H2,1-3H3,(H,22,23)/t10-/m1/s1. The van der Waals surface area contributed by atoms with Crippen molar-refractivity contribution in [2.75, 3.05) is 44.4 Å². The predicted molar refractivity (Wildman–Crippen MR) is 90.2 cm³/mol. The molecule has 0 aromatic heterocycles. The number of nitrogens with two attached hydrogens (primary N) is 1. The van der Waals surface area contributed by atoms with Crippen molar-refractivity contribution >= 4 is 23.6 Å². The molecule has 1 aromatic rings. The Morgan fingerprint density at radius 1 is 1.61 bits per heavy atom. The number of likely N-dealkylation sites (N-methyl/N-ethyl adjacent to an activating group) is 1. The monoisotopic (exact) mass is 322 g/mol. The Morgan fingerprint density at radius 2 is 2.30 bits per heavy atom. The zero-order valence-corrected chi connectivity index (χ0v) is 13.7. The predicted octanol–water partition coefficient (Wildman–Crippen LogP) is 1.69. The first-order valence-corrected chi connectivity index (χ1v) is 7.63. The number of nitrogen functional groups attached to an aromatic ring is 1. The van der Waals surface area contributed by atoms with Gasteiger partial charge in [0.1, 0.15) is 11.4 Å². The van der Waals surface area contributed by atoms with E-state index in [1.807, 2.05) is 25.9 Å². The van der Waals surface area contributed by atoms with Crippen molar-refractivity contribution in [3.8, 4) is 0 Å². The lowest BCUT2D eigenvalue weighted by atomic mass is 10.0. The summed E-state index contributed by atoms with van der Waals surface area (Å²) in [4.78, 5) is 19.6. The van der Waals surface area contributed by atoms with Gasteiger partial charge in [0.05, 0.1) is 11.4 Å². The lowest BCUT2D eigenvalue weighted by Gasteiger charge is -2.24. The summed E-state index contributed by atoms with van der Waals surface area (Å²) in [6.45, 7) is 3.91. The Morgan fingerprint density at radius 3 is 2.83 bits per heavy atom. The number of aromatic carboxylic acids is 1. The van der Waals surface area contributed by atoms with Crippen molar-refractivity contribution in [1.29, 1.82) is 0 Å². The first-order valence-electron chi connectivity index (χ1n) is 7.63. The van der Waals surface area contributed by atoms with Crippen LogP contribution in [0.25, 0.3) is 0 Å². The molecule has 0 radical (unpaired) electrons. The van der Waals surface area contributed by atoms with Crippen LogP contribution in [-0.2, 0) is 0 Å². The van der Waals surface area contributed by atoms with Gasteiger partial charge in [-0.1, -0.05) is 0 Å². The molecule has 23 heavy (non-hydrogen) atoms. The molecule has 1 atom stereocenters. The number of hydrogen-bond donors (Lipinski definition) is 2. The highest BCUT2D eigenvalue weighted by Gasteiger charge is 2.28. The summed E-state index contributed by atoms with van der Waals surface area (Å²) in [6.07, 6.45) is 2.50. The summed E-state index contributed by atoms with van der Waals surface area (Å²) < 4.78 is 14.2. The number of nitrogens with zero attached hydrogens (tertiary/aromatic N) is 3. The maximum absolute atomic E-state index is 14.2. The lowest BCUT2D eigenvalue weighted by molar-refractivity contribution is 0.0693. The third-order valence-electron chi connectivity index (χ3n) is 4.19. The highest BCUT2D eigenvalue weighted by atomic mass is 19.1. The molecule has 2 rings (SSSR count). The van der Waals surface area contributed by atoms with E-state index in [4.69, 9.17) is 5.73 Å². The summed E-state index contributed by atoms with van der Waals surface area (Å²) in [7, 11) is 4.02. The van der Waals surface area contributed by atoms with Gasteiger partial charge in [0.25, 0.3) is 0 Å². The molecule has 0 unspecified atom stereocenters. The summed E-state index contributed by atoms with van der Waals surface area (Å²) >= 11 is 0. The number of aliphatic imine (C=N–C) groups is 1. The van der Waals surface area contributed by atoms with E-state index in [2.05, 4.69) is 9.89 Å². The molecule has 6 nitrogen and oxygen atoms in total. The molecule has 0 saturated carbocycles. The zero-order chi connectivity index (χ0) is 17.1. The van der Waals surface area contributed by atoms with Gasteiger partial charge >= 0.3 is 5.97 Å².